The van der Waals surface area contributed by atoms with Crippen molar-refractivity contribution in [1.82, 2.24) is 5.32 Å². The first kappa shape index (κ1) is 15.8. The number of nitrogens with zero attached hydrogens (tertiary/aromatic N) is 1. The molecule has 0 heterocycles. The molecular formula is C14H19FN2O3S. The number of benzene rings is 1. The maximum Gasteiger partial charge on any atom is 0.232 e. The van der Waals surface area contributed by atoms with Crippen LogP contribution in [0.2, 0.25) is 0 Å². The van der Waals surface area contributed by atoms with Gasteiger partial charge in [0.05, 0.1) is 18.5 Å². The zero-order valence-electron chi connectivity index (χ0n) is 11.9. The third kappa shape index (κ3) is 4.17. The Bertz CT molecular complexity index is 614. The lowest BCUT2D eigenvalue weighted by Crippen LogP contribution is -2.41. The van der Waals surface area contributed by atoms with Crippen molar-refractivity contribution < 1.29 is 17.6 Å². The molecule has 1 aromatic rings. The molecule has 1 fully saturated rings. The molecule has 116 valence electrons. The molecule has 0 saturated heterocycles. The van der Waals surface area contributed by atoms with Gasteiger partial charge in [0.15, 0.2) is 0 Å². The molecule has 0 aliphatic heterocycles. The van der Waals surface area contributed by atoms with Crippen LogP contribution in [0.1, 0.15) is 19.3 Å². The third-order valence-corrected chi connectivity index (χ3v) is 4.78. The van der Waals surface area contributed by atoms with Crippen LogP contribution in [0, 0.1) is 11.7 Å². The van der Waals surface area contributed by atoms with Crippen molar-refractivity contribution in [1.29, 1.82) is 0 Å². The highest BCUT2D eigenvalue weighted by molar-refractivity contribution is 7.92. The van der Waals surface area contributed by atoms with Crippen LogP contribution in [0.3, 0.4) is 0 Å². The zero-order chi connectivity index (χ0) is 15.5. The minimum absolute atomic E-state index is 0.0334. The van der Waals surface area contributed by atoms with Gasteiger partial charge >= 0.3 is 0 Å². The second-order valence-corrected chi connectivity index (χ2v) is 7.14. The van der Waals surface area contributed by atoms with E-state index in [1.54, 1.807) is 0 Å². The minimum atomic E-state index is -3.53. The highest BCUT2D eigenvalue weighted by atomic mass is 32.2. The van der Waals surface area contributed by atoms with Crippen molar-refractivity contribution in [3.05, 3.63) is 30.1 Å². The summed E-state index contributed by atoms with van der Waals surface area (Å²) in [5, 5.41) is 2.73. The monoisotopic (exact) mass is 314 g/mol. The fraction of sp³-hybridized carbons (Fsp3) is 0.500. The molecule has 5 nitrogen and oxygen atoms in total. The normalized spacial score (nSPS) is 15.3. The van der Waals surface area contributed by atoms with Gasteiger partial charge in [-0.05, 0) is 31.0 Å². The van der Waals surface area contributed by atoms with Crippen LogP contribution < -0.4 is 9.62 Å². The Morgan fingerprint density at radius 3 is 2.67 bits per heavy atom. The zero-order valence-corrected chi connectivity index (χ0v) is 12.7. The van der Waals surface area contributed by atoms with E-state index in [0.717, 1.165) is 35.9 Å². The number of nitrogens with one attached hydrogen (secondary N) is 1. The number of halogens is 1. The fourth-order valence-electron chi connectivity index (χ4n) is 2.21. The second-order valence-electron chi connectivity index (χ2n) is 5.23. The summed E-state index contributed by atoms with van der Waals surface area (Å²) < 4.78 is 38.0. The highest BCUT2D eigenvalue weighted by Gasteiger charge is 2.25. The van der Waals surface area contributed by atoms with Crippen LogP contribution >= 0.6 is 0 Å². The van der Waals surface area contributed by atoms with Crippen LogP contribution in [0.25, 0.3) is 0 Å². The maximum absolute atomic E-state index is 13.2. The highest BCUT2D eigenvalue weighted by Crippen LogP contribution is 2.26. The van der Waals surface area contributed by atoms with E-state index in [1.165, 1.54) is 18.2 Å². The Labute approximate surface area is 124 Å². The first-order valence-corrected chi connectivity index (χ1v) is 8.74. The molecule has 2 rings (SSSR count). The summed E-state index contributed by atoms with van der Waals surface area (Å²) in [6.45, 7) is 0.291. The SMILES string of the molecule is CS(=O)(=O)N(CCNC(=O)C1CCC1)c1cccc(F)c1. The van der Waals surface area contributed by atoms with Crippen molar-refractivity contribution in [3.63, 3.8) is 0 Å². The summed E-state index contributed by atoms with van der Waals surface area (Å²) in [4.78, 5) is 11.7. The molecule has 21 heavy (non-hydrogen) atoms. The molecule has 1 aliphatic carbocycles. The second kappa shape index (κ2) is 6.43. The van der Waals surface area contributed by atoms with E-state index in [-0.39, 0.29) is 30.6 Å². The van der Waals surface area contributed by atoms with Gasteiger partial charge in [-0.15, -0.1) is 0 Å². The van der Waals surface area contributed by atoms with Crippen LogP contribution in [-0.2, 0) is 14.8 Å². The number of amides is 1. The van der Waals surface area contributed by atoms with E-state index in [0.29, 0.717) is 0 Å². The molecule has 0 radical (unpaired) electrons. The van der Waals surface area contributed by atoms with Crippen molar-refractivity contribution >= 4 is 21.6 Å². The number of sulfonamides is 1. The van der Waals surface area contributed by atoms with Gasteiger partial charge in [-0.1, -0.05) is 12.5 Å². The lowest BCUT2D eigenvalue weighted by Gasteiger charge is -2.26. The number of hydrogen-bond acceptors (Lipinski definition) is 3. The summed E-state index contributed by atoms with van der Waals surface area (Å²) in [6.07, 6.45) is 3.92. The predicted octanol–water partition coefficient (Wildman–Crippen LogP) is 1.51. The molecular weight excluding hydrogens is 295 g/mol. The Balaban J connectivity index is 1.99. The Morgan fingerprint density at radius 1 is 1.43 bits per heavy atom. The lowest BCUT2D eigenvalue weighted by atomic mass is 9.85. The lowest BCUT2D eigenvalue weighted by molar-refractivity contribution is -0.127. The van der Waals surface area contributed by atoms with Gasteiger partial charge in [0.2, 0.25) is 15.9 Å². The maximum atomic E-state index is 13.2. The van der Waals surface area contributed by atoms with Crippen molar-refractivity contribution in [2.24, 2.45) is 5.92 Å². The molecule has 0 atom stereocenters. The third-order valence-electron chi connectivity index (χ3n) is 3.59. The predicted molar refractivity (Wildman–Crippen MR) is 78.9 cm³/mol. The minimum Gasteiger partial charge on any atom is -0.354 e. The van der Waals surface area contributed by atoms with E-state index in [1.807, 2.05) is 0 Å². The smallest absolute Gasteiger partial charge is 0.232 e. The number of hydrogen-bond donors (Lipinski definition) is 1. The Kier molecular flexibility index (Phi) is 4.82. The van der Waals surface area contributed by atoms with Gasteiger partial charge in [-0.3, -0.25) is 9.10 Å². The van der Waals surface area contributed by atoms with Crippen LogP contribution in [0.5, 0.6) is 0 Å². The van der Waals surface area contributed by atoms with Crippen LogP contribution in [-0.4, -0.2) is 33.7 Å². The molecule has 0 unspecified atom stereocenters. The van der Waals surface area contributed by atoms with E-state index in [4.69, 9.17) is 0 Å². The molecule has 0 aromatic heterocycles. The standard InChI is InChI=1S/C14H19FN2O3S/c1-21(19,20)17(13-7-3-6-12(15)10-13)9-8-16-14(18)11-4-2-5-11/h3,6-7,10-11H,2,4-5,8-9H2,1H3,(H,16,18). The molecule has 1 saturated carbocycles. The summed E-state index contributed by atoms with van der Waals surface area (Å²) in [5.74, 6) is -0.473. The van der Waals surface area contributed by atoms with Crippen LogP contribution in [0.4, 0.5) is 10.1 Å². The number of carbonyl (C=O) groups is 1. The molecule has 7 heteroatoms. The number of anilines is 1. The molecule has 1 aromatic carbocycles. The summed E-state index contributed by atoms with van der Waals surface area (Å²) in [6, 6.07) is 5.39. The van der Waals surface area contributed by atoms with Gasteiger partial charge in [-0.2, -0.15) is 0 Å². The first-order chi connectivity index (χ1) is 9.88. The van der Waals surface area contributed by atoms with E-state index in [2.05, 4.69) is 5.32 Å². The fourth-order valence-corrected chi connectivity index (χ4v) is 3.13. The number of carbonyl (C=O) groups excluding carboxylic acids is 1. The first-order valence-electron chi connectivity index (χ1n) is 6.89. The largest absolute Gasteiger partial charge is 0.354 e. The van der Waals surface area contributed by atoms with Crippen LogP contribution in [0.15, 0.2) is 24.3 Å². The van der Waals surface area contributed by atoms with Gasteiger partial charge < -0.3 is 5.32 Å². The van der Waals surface area contributed by atoms with Crippen molar-refractivity contribution in [3.8, 4) is 0 Å². The molecule has 0 bridgehead atoms. The van der Waals surface area contributed by atoms with E-state index in [9.17, 15) is 17.6 Å². The topological polar surface area (TPSA) is 66.5 Å². The average Bonchev–Trinajstić information content (AvgIpc) is 2.30. The summed E-state index contributed by atoms with van der Waals surface area (Å²) >= 11 is 0. The summed E-state index contributed by atoms with van der Waals surface area (Å²) in [5.41, 5.74) is 0.260. The molecule has 1 N–H and O–H groups in total. The Hall–Kier alpha value is -1.63. The van der Waals surface area contributed by atoms with E-state index >= 15 is 0 Å². The van der Waals surface area contributed by atoms with Gasteiger partial charge in [0.1, 0.15) is 5.82 Å². The van der Waals surface area contributed by atoms with Gasteiger partial charge in [0, 0.05) is 12.5 Å². The Morgan fingerprint density at radius 2 is 2.14 bits per heavy atom. The van der Waals surface area contributed by atoms with Crippen molar-refractivity contribution in [2.45, 2.75) is 19.3 Å². The van der Waals surface area contributed by atoms with Crippen molar-refractivity contribution in [2.75, 3.05) is 23.7 Å². The molecule has 1 aliphatic rings. The summed E-state index contributed by atoms with van der Waals surface area (Å²) in [7, 11) is -3.53. The number of rotatable bonds is 6. The molecule has 0 spiro atoms. The molecule has 1 amide bonds. The van der Waals surface area contributed by atoms with Gasteiger partial charge in [0.25, 0.3) is 0 Å². The van der Waals surface area contributed by atoms with Gasteiger partial charge in [-0.25, -0.2) is 12.8 Å². The van der Waals surface area contributed by atoms with E-state index < -0.39 is 15.8 Å². The average molecular weight is 314 g/mol. The quantitative estimate of drug-likeness (QED) is 0.865.